The Morgan fingerprint density at radius 2 is 2.00 bits per heavy atom. The maximum atomic E-state index is 12.1. The Balaban J connectivity index is 1.62. The Bertz CT molecular complexity index is 1170. The minimum Gasteiger partial charge on any atom is -0.457 e. The summed E-state index contributed by atoms with van der Waals surface area (Å²) in [4.78, 5) is 30.7. The normalized spacial score (nSPS) is 14.8. The number of ether oxygens (including phenoxy) is 1. The number of nitrogens with zero attached hydrogens (tertiary/aromatic N) is 3. The number of cyclic esters (lactones) is 1. The van der Waals surface area contributed by atoms with Crippen LogP contribution in [0.25, 0.3) is 17.4 Å². The van der Waals surface area contributed by atoms with E-state index in [0.29, 0.717) is 27.8 Å². The predicted molar refractivity (Wildman–Crippen MR) is 101 cm³/mol. The molecule has 138 valence electrons. The molecule has 0 bridgehead atoms. The fourth-order valence-electron chi connectivity index (χ4n) is 2.53. The van der Waals surface area contributed by atoms with Gasteiger partial charge in [0.05, 0.1) is 4.92 Å². The number of furan rings is 1. The van der Waals surface area contributed by atoms with Gasteiger partial charge in [-0.2, -0.15) is 0 Å². The number of aromatic nitrogens is 1. The molecule has 0 amide bonds. The first-order valence-corrected chi connectivity index (χ1v) is 8.36. The maximum Gasteiger partial charge on any atom is 0.364 e. The lowest BCUT2D eigenvalue weighted by Gasteiger charge is -1.97. The number of nitro groups is 1. The number of carbonyl (C=O) groups is 1. The van der Waals surface area contributed by atoms with Crippen molar-refractivity contribution in [2.75, 3.05) is 0 Å². The molecular formula is C19H10ClN3O5. The number of pyridine rings is 1. The Hall–Kier alpha value is -3.78. The first-order valence-electron chi connectivity index (χ1n) is 7.99. The van der Waals surface area contributed by atoms with Crippen molar-refractivity contribution >= 4 is 35.2 Å². The zero-order valence-electron chi connectivity index (χ0n) is 14.0. The van der Waals surface area contributed by atoms with Crippen LogP contribution in [0.15, 0.2) is 69.8 Å². The van der Waals surface area contributed by atoms with Gasteiger partial charge in [-0.15, -0.1) is 0 Å². The third kappa shape index (κ3) is 3.53. The number of carbonyl (C=O) groups excluding carboxylic acids is 1. The van der Waals surface area contributed by atoms with Crippen LogP contribution in [0, 0.1) is 10.1 Å². The molecule has 0 aliphatic carbocycles. The first-order chi connectivity index (χ1) is 13.5. The summed E-state index contributed by atoms with van der Waals surface area (Å²) >= 11 is 5.91. The van der Waals surface area contributed by atoms with E-state index >= 15 is 0 Å². The highest BCUT2D eigenvalue weighted by atomic mass is 35.5. The minimum atomic E-state index is -0.648. The van der Waals surface area contributed by atoms with E-state index in [-0.39, 0.29) is 17.3 Å². The number of rotatable bonds is 4. The molecule has 28 heavy (non-hydrogen) atoms. The molecule has 0 saturated carbocycles. The fraction of sp³-hybridized carbons (Fsp3) is 0. The molecule has 3 aromatic rings. The van der Waals surface area contributed by atoms with Crippen molar-refractivity contribution in [2.45, 2.75) is 0 Å². The number of hydrogen-bond donors (Lipinski definition) is 0. The molecule has 3 heterocycles. The molecule has 1 aliphatic rings. The second-order valence-corrected chi connectivity index (χ2v) is 6.14. The van der Waals surface area contributed by atoms with Gasteiger partial charge in [0.2, 0.25) is 5.90 Å². The Kier molecular flexibility index (Phi) is 4.46. The number of non-ortho nitro benzene ring substituents is 1. The van der Waals surface area contributed by atoms with E-state index in [1.54, 1.807) is 30.3 Å². The van der Waals surface area contributed by atoms with Crippen molar-refractivity contribution in [3.8, 4) is 11.3 Å². The summed E-state index contributed by atoms with van der Waals surface area (Å²) < 4.78 is 10.8. The van der Waals surface area contributed by atoms with Gasteiger partial charge in [0.25, 0.3) is 5.69 Å². The van der Waals surface area contributed by atoms with Crippen molar-refractivity contribution in [2.24, 2.45) is 4.99 Å². The molecule has 9 heteroatoms. The van der Waals surface area contributed by atoms with Gasteiger partial charge in [0.15, 0.2) is 5.70 Å². The predicted octanol–water partition coefficient (Wildman–Crippen LogP) is 4.25. The summed E-state index contributed by atoms with van der Waals surface area (Å²) in [6, 6.07) is 12.4. The SMILES string of the molecule is O=C1OC(c2cc(Cl)ccn2)=N/C1=C\c1ccc(-c2cccc([N+](=O)[O-])c2)o1. The molecule has 0 unspecified atom stereocenters. The van der Waals surface area contributed by atoms with E-state index < -0.39 is 10.9 Å². The number of benzene rings is 1. The standard InChI is InChI=1S/C19H10ClN3O5/c20-12-6-7-21-15(9-12)18-22-16(19(24)28-18)10-14-4-5-17(27-14)11-2-1-3-13(8-11)23(25)26/h1-10H/b16-10-. The van der Waals surface area contributed by atoms with Crippen LogP contribution in [-0.4, -0.2) is 21.8 Å². The monoisotopic (exact) mass is 395 g/mol. The van der Waals surface area contributed by atoms with Gasteiger partial charge in [-0.05, 0) is 24.3 Å². The highest BCUT2D eigenvalue weighted by Crippen LogP contribution is 2.27. The minimum absolute atomic E-state index is 0.0386. The Morgan fingerprint density at radius 1 is 1.14 bits per heavy atom. The molecule has 0 saturated heterocycles. The maximum absolute atomic E-state index is 12.1. The Labute approximate surface area is 162 Å². The van der Waals surface area contributed by atoms with Gasteiger partial charge in [0.1, 0.15) is 17.2 Å². The third-order valence-electron chi connectivity index (χ3n) is 3.81. The molecule has 0 N–H and O–H groups in total. The van der Waals surface area contributed by atoms with Crippen molar-refractivity contribution in [1.82, 2.24) is 4.98 Å². The lowest BCUT2D eigenvalue weighted by molar-refractivity contribution is -0.384. The lowest BCUT2D eigenvalue weighted by Crippen LogP contribution is -2.06. The van der Waals surface area contributed by atoms with Gasteiger partial charge >= 0.3 is 5.97 Å². The molecule has 0 radical (unpaired) electrons. The quantitative estimate of drug-likeness (QED) is 0.283. The van der Waals surface area contributed by atoms with E-state index in [2.05, 4.69) is 9.98 Å². The fourth-order valence-corrected chi connectivity index (χ4v) is 2.69. The summed E-state index contributed by atoms with van der Waals surface area (Å²) in [6.45, 7) is 0. The van der Waals surface area contributed by atoms with E-state index in [1.165, 1.54) is 30.5 Å². The average Bonchev–Trinajstić information content (AvgIpc) is 3.29. The number of aliphatic imine (C=N–C) groups is 1. The zero-order chi connectivity index (χ0) is 19.7. The van der Waals surface area contributed by atoms with Gasteiger partial charge in [-0.1, -0.05) is 23.7 Å². The number of esters is 1. The van der Waals surface area contributed by atoms with E-state index in [9.17, 15) is 14.9 Å². The zero-order valence-corrected chi connectivity index (χ0v) is 14.8. The average molecular weight is 396 g/mol. The van der Waals surface area contributed by atoms with Crippen LogP contribution in [0.1, 0.15) is 11.5 Å². The molecule has 4 rings (SSSR count). The van der Waals surface area contributed by atoms with E-state index in [4.69, 9.17) is 20.8 Å². The van der Waals surface area contributed by atoms with Crippen LogP contribution in [-0.2, 0) is 9.53 Å². The van der Waals surface area contributed by atoms with Crippen LogP contribution in [0.2, 0.25) is 5.02 Å². The summed E-state index contributed by atoms with van der Waals surface area (Å²) in [5.74, 6) is 0.162. The summed E-state index contributed by atoms with van der Waals surface area (Å²) in [5, 5.41) is 11.3. The highest BCUT2D eigenvalue weighted by Gasteiger charge is 2.25. The van der Waals surface area contributed by atoms with Crippen LogP contribution in [0.3, 0.4) is 0 Å². The van der Waals surface area contributed by atoms with Gasteiger partial charge < -0.3 is 9.15 Å². The molecule has 2 aromatic heterocycles. The molecule has 0 fully saturated rings. The number of nitro benzene ring substituents is 1. The highest BCUT2D eigenvalue weighted by molar-refractivity contribution is 6.31. The second kappa shape index (κ2) is 7.09. The first kappa shape index (κ1) is 17.6. The summed E-state index contributed by atoms with van der Waals surface area (Å²) in [6.07, 6.45) is 2.90. The molecule has 1 aliphatic heterocycles. The summed E-state index contributed by atoms with van der Waals surface area (Å²) in [7, 11) is 0. The van der Waals surface area contributed by atoms with Gasteiger partial charge in [0, 0.05) is 35.0 Å². The number of halogens is 1. The van der Waals surface area contributed by atoms with Gasteiger partial charge in [-0.25, -0.2) is 9.79 Å². The lowest BCUT2D eigenvalue weighted by atomic mass is 10.1. The largest absolute Gasteiger partial charge is 0.457 e. The topological polar surface area (TPSA) is 108 Å². The van der Waals surface area contributed by atoms with E-state index in [1.807, 2.05) is 0 Å². The van der Waals surface area contributed by atoms with Crippen LogP contribution in [0.4, 0.5) is 5.69 Å². The third-order valence-corrected chi connectivity index (χ3v) is 4.04. The molecule has 0 atom stereocenters. The molecule has 1 aromatic carbocycles. The van der Waals surface area contributed by atoms with Crippen LogP contribution < -0.4 is 0 Å². The molecule has 8 nitrogen and oxygen atoms in total. The molecular weight excluding hydrogens is 386 g/mol. The van der Waals surface area contributed by atoms with Crippen LogP contribution >= 0.6 is 11.6 Å². The van der Waals surface area contributed by atoms with E-state index in [0.717, 1.165) is 0 Å². The van der Waals surface area contributed by atoms with Gasteiger partial charge in [-0.3, -0.25) is 15.1 Å². The summed E-state index contributed by atoms with van der Waals surface area (Å²) in [5.41, 5.74) is 0.870. The Morgan fingerprint density at radius 3 is 2.79 bits per heavy atom. The van der Waals surface area contributed by atoms with Crippen molar-refractivity contribution in [1.29, 1.82) is 0 Å². The van der Waals surface area contributed by atoms with Crippen LogP contribution in [0.5, 0.6) is 0 Å². The molecule has 0 spiro atoms. The van der Waals surface area contributed by atoms with Crippen molar-refractivity contribution in [3.05, 3.63) is 87.0 Å². The van der Waals surface area contributed by atoms with Crippen molar-refractivity contribution < 1.29 is 18.9 Å². The smallest absolute Gasteiger partial charge is 0.364 e. The second-order valence-electron chi connectivity index (χ2n) is 5.70. The number of hydrogen-bond acceptors (Lipinski definition) is 7. The van der Waals surface area contributed by atoms with Crippen molar-refractivity contribution in [3.63, 3.8) is 0 Å².